The number of para-hydroxylation sites is 2. The van der Waals surface area contributed by atoms with Gasteiger partial charge in [-0.05, 0) is 24.3 Å². The molecule has 2 aromatic carbocycles. The molecule has 26 heavy (non-hydrogen) atoms. The van der Waals surface area contributed by atoms with Gasteiger partial charge in [-0.3, -0.25) is 9.78 Å². The van der Waals surface area contributed by atoms with Crippen molar-refractivity contribution in [3.63, 3.8) is 0 Å². The first-order valence-corrected chi connectivity index (χ1v) is 7.14. The predicted molar refractivity (Wildman–Crippen MR) is 84.4 cm³/mol. The molecule has 0 heterocycles. The quantitative estimate of drug-likeness (QED) is 0.332. The van der Waals surface area contributed by atoms with Crippen LogP contribution in [0, 0.1) is 0 Å². The van der Waals surface area contributed by atoms with Crippen LogP contribution in [0.3, 0.4) is 0 Å². The van der Waals surface area contributed by atoms with Crippen molar-refractivity contribution in [2.75, 3.05) is 14.2 Å². The molecular formula is C17H14O9. The van der Waals surface area contributed by atoms with E-state index in [0.717, 1.165) is 14.2 Å². The van der Waals surface area contributed by atoms with Gasteiger partial charge in [0.2, 0.25) is 0 Å². The van der Waals surface area contributed by atoms with Crippen LogP contribution in [0.2, 0.25) is 0 Å². The molecule has 2 aromatic rings. The van der Waals surface area contributed by atoms with Crippen LogP contribution >= 0.6 is 0 Å². The molecule has 0 saturated carbocycles. The zero-order valence-electron chi connectivity index (χ0n) is 13.8. The molecule has 136 valence electrons. The number of rotatable bonds is 6. The first kappa shape index (κ1) is 18.9. The van der Waals surface area contributed by atoms with Gasteiger partial charge in [-0.2, -0.15) is 9.78 Å². The number of ether oxygens (including phenoxy) is 2. The van der Waals surface area contributed by atoms with Crippen molar-refractivity contribution in [2.24, 2.45) is 0 Å². The molecule has 0 aliphatic heterocycles. The molecule has 0 aliphatic rings. The third-order valence-corrected chi connectivity index (χ3v) is 2.92. The fourth-order valence-corrected chi connectivity index (χ4v) is 1.89. The first-order chi connectivity index (χ1) is 12.6. The molecule has 0 N–H and O–H groups in total. The largest absolute Gasteiger partial charge is 0.519 e. The minimum atomic E-state index is -1.18. The van der Waals surface area contributed by atoms with Crippen molar-refractivity contribution in [1.29, 1.82) is 0 Å². The molecule has 0 aromatic heterocycles. The monoisotopic (exact) mass is 362 g/mol. The molecule has 0 bridgehead atoms. The number of carbonyl (C=O) groups is 3. The van der Waals surface area contributed by atoms with Crippen molar-refractivity contribution < 1.29 is 43.4 Å². The van der Waals surface area contributed by atoms with Crippen molar-refractivity contribution >= 4 is 18.1 Å². The molecule has 0 atom stereocenters. The Morgan fingerprint density at radius 2 is 1.04 bits per heavy atom. The second-order valence-electron chi connectivity index (χ2n) is 4.52. The summed E-state index contributed by atoms with van der Waals surface area (Å²) in [6.07, 6.45) is -1.18. The fourth-order valence-electron chi connectivity index (χ4n) is 1.89. The summed E-state index contributed by atoms with van der Waals surface area (Å²) in [7, 11) is 2.32. The van der Waals surface area contributed by atoms with Gasteiger partial charge in [0.1, 0.15) is 22.6 Å². The molecule has 0 unspecified atom stereocenters. The van der Waals surface area contributed by atoms with Crippen LogP contribution < -0.4 is 9.47 Å². The molecule has 0 spiro atoms. The normalized spacial score (nSPS) is 9.92. The zero-order valence-corrected chi connectivity index (χ0v) is 13.8. The highest BCUT2D eigenvalue weighted by Crippen LogP contribution is 2.23. The molecule has 0 radical (unpaired) electrons. The third kappa shape index (κ3) is 4.79. The molecule has 0 aliphatic carbocycles. The van der Waals surface area contributed by atoms with Crippen LogP contribution in [-0.2, 0) is 19.6 Å². The van der Waals surface area contributed by atoms with E-state index in [-0.39, 0.29) is 22.6 Å². The fraction of sp³-hybridized carbons (Fsp3) is 0.118. The predicted octanol–water partition coefficient (Wildman–Crippen LogP) is 2.70. The lowest BCUT2D eigenvalue weighted by atomic mass is 10.2. The lowest BCUT2D eigenvalue weighted by Crippen LogP contribution is -2.18. The summed E-state index contributed by atoms with van der Waals surface area (Å²) in [5.41, 5.74) is -0.114. The van der Waals surface area contributed by atoms with Crippen LogP contribution in [0.25, 0.3) is 0 Å². The van der Waals surface area contributed by atoms with E-state index in [9.17, 15) is 14.4 Å². The summed E-state index contributed by atoms with van der Waals surface area (Å²) in [6, 6.07) is 11.6. The van der Waals surface area contributed by atoms with Crippen LogP contribution in [0.1, 0.15) is 20.7 Å². The van der Waals surface area contributed by atoms with E-state index in [1.165, 1.54) is 36.4 Å². The minimum Gasteiger partial charge on any atom is -0.394 e. The van der Waals surface area contributed by atoms with E-state index in [4.69, 9.17) is 9.47 Å². The van der Waals surface area contributed by atoms with Gasteiger partial charge in [0, 0.05) is 0 Å². The lowest BCUT2D eigenvalue weighted by molar-refractivity contribution is -0.216. The van der Waals surface area contributed by atoms with Crippen LogP contribution in [0.4, 0.5) is 4.79 Å². The van der Waals surface area contributed by atoms with Gasteiger partial charge in [0.25, 0.3) is 0 Å². The highest BCUT2D eigenvalue weighted by molar-refractivity contribution is 5.94. The Bertz CT molecular complexity index is 735. The van der Waals surface area contributed by atoms with Gasteiger partial charge < -0.3 is 9.47 Å². The van der Waals surface area contributed by atoms with Gasteiger partial charge in [-0.25, -0.2) is 14.4 Å². The lowest BCUT2D eigenvalue weighted by Gasteiger charge is -2.10. The molecule has 9 heteroatoms. The molecule has 0 amide bonds. The summed E-state index contributed by atoms with van der Waals surface area (Å²) in [5.74, 6) is -1.95. The summed E-state index contributed by atoms with van der Waals surface area (Å²) < 4.78 is 10.0. The SMILES string of the molecule is COOC(=O)c1ccccc1OC(=O)Oc1ccccc1C(=O)OOC. The highest BCUT2D eigenvalue weighted by Gasteiger charge is 2.21. The minimum absolute atomic E-state index is 0.0571. The third-order valence-electron chi connectivity index (χ3n) is 2.92. The maximum atomic E-state index is 12.0. The number of benzene rings is 2. The topological polar surface area (TPSA) is 107 Å². The molecule has 2 rings (SSSR count). The number of hydrogen-bond acceptors (Lipinski definition) is 9. The van der Waals surface area contributed by atoms with Crippen LogP contribution in [0.5, 0.6) is 11.5 Å². The maximum Gasteiger partial charge on any atom is 0.519 e. The highest BCUT2D eigenvalue weighted by atomic mass is 17.2. The zero-order chi connectivity index (χ0) is 18.9. The summed E-state index contributed by atoms with van der Waals surface area (Å²) in [4.78, 5) is 53.0. The standard InChI is InChI=1S/C17H14O9/c1-21-25-15(18)11-7-3-5-9-13(11)23-17(20)24-14-10-6-4-8-12(14)16(19)26-22-2/h3-10H,1-2H3. The average Bonchev–Trinajstić information content (AvgIpc) is 2.63. The molecule has 0 saturated heterocycles. The van der Waals surface area contributed by atoms with Gasteiger partial charge in [-0.1, -0.05) is 24.3 Å². The van der Waals surface area contributed by atoms with Crippen molar-refractivity contribution in [3.8, 4) is 11.5 Å². The Labute approximate surface area is 147 Å². The van der Waals surface area contributed by atoms with Gasteiger partial charge in [0.05, 0.1) is 14.2 Å². The van der Waals surface area contributed by atoms with Crippen molar-refractivity contribution in [3.05, 3.63) is 59.7 Å². The van der Waals surface area contributed by atoms with E-state index >= 15 is 0 Å². The Hall–Kier alpha value is -3.43. The Balaban J connectivity index is 2.16. The maximum absolute atomic E-state index is 12.0. The van der Waals surface area contributed by atoms with E-state index in [0.29, 0.717) is 0 Å². The van der Waals surface area contributed by atoms with Gasteiger partial charge in [-0.15, -0.1) is 0 Å². The van der Waals surface area contributed by atoms with E-state index in [1.807, 2.05) is 0 Å². The number of hydrogen-bond donors (Lipinski definition) is 0. The van der Waals surface area contributed by atoms with Crippen LogP contribution in [-0.4, -0.2) is 32.3 Å². The summed E-state index contributed by atoms with van der Waals surface area (Å²) >= 11 is 0. The first-order valence-electron chi connectivity index (χ1n) is 7.14. The van der Waals surface area contributed by atoms with Crippen molar-refractivity contribution in [1.82, 2.24) is 0 Å². The van der Waals surface area contributed by atoms with Crippen molar-refractivity contribution in [2.45, 2.75) is 0 Å². The average molecular weight is 362 g/mol. The summed E-state index contributed by atoms with van der Waals surface area (Å²) in [5, 5.41) is 0. The van der Waals surface area contributed by atoms with E-state index in [2.05, 4.69) is 19.6 Å². The smallest absolute Gasteiger partial charge is 0.394 e. The van der Waals surface area contributed by atoms with Gasteiger partial charge in [0.15, 0.2) is 0 Å². The van der Waals surface area contributed by atoms with E-state index < -0.39 is 18.1 Å². The molecule has 0 fully saturated rings. The second-order valence-corrected chi connectivity index (χ2v) is 4.52. The van der Waals surface area contributed by atoms with E-state index in [1.54, 1.807) is 12.1 Å². The second kappa shape index (κ2) is 9.16. The molecule has 9 nitrogen and oxygen atoms in total. The Morgan fingerprint density at radius 1 is 0.654 bits per heavy atom. The van der Waals surface area contributed by atoms with Gasteiger partial charge >= 0.3 is 18.1 Å². The van der Waals surface area contributed by atoms with Crippen LogP contribution in [0.15, 0.2) is 48.5 Å². The summed E-state index contributed by atoms with van der Waals surface area (Å²) in [6.45, 7) is 0. The Morgan fingerprint density at radius 3 is 1.42 bits per heavy atom. The molecular weight excluding hydrogens is 348 g/mol. The number of carbonyl (C=O) groups excluding carboxylic acids is 3. The Kier molecular flexibility index (Phi) is 6.66.